The second-order valence-corrected chi connectivity index (χ2v) is 5.97. The Morgan fingerprint density at radius 3 is 2.88 bits per heavy atom. The number of nitrogens with one attached hydrogen (secondary N) is 1. The van der Waals surface area contributed by atoms with Crippen molar-refractivity contribution in [2.45, 2.75) is 25.5 Å². The Hall–Kier alpha value is -0.580. The lowest BCUT2D eigenvalue weighted by Gasteiger charge is -2.30. The highest BCUT2D eigenvalue weighted by Crippen LogP contribution is 2.28. The van der Waals surface area contributed by atoms with E-state index in [1.807, 2.05) is 25.1 Å². The third-order valence-electron chi connectivity index (χ3n) is 3.05. The van der Waals surface area contributed by atoms with E-state index in [1.165, 1.54) is 0 Å². The quantitative estimate of drug-likeness (QED) is 0.832. The summed E-state index contributed by atoms with van der Waals surface area (Å²) in [7, 11) is 0. The van der Waals surface area contributed by atoms with Gasteiger partial charge in [-0.1, -0.05) is 12.1 Å². The van der Waals surface area contributed by atoms with E-state index >= 15 is 0 Å². The minimum Gasteiger partial charge on any atom is -0.387 e. The zero-order valence-electron chi connectivity index (χ0n) is 10.3. The summed E-state index contributed by atoms with van der Waals surface area (Å²) in [6.45, 7) is 6.20. The van der Waals surface area contributed by atoms with Crippen molar-refractivity contribution < 1.29 is 5.11 Å². The largest absolute Gasteiger partial charge is 0.387 e. The fourth-order valence-electron chi connectivity index (χ4n) is 2.21. The van der Waals surface area contributed by atoms with Gasteiger partial charge in [0.25, 0.3) is 0 Å². The van der Waals surface area contributed by atoms with Crippen LogP contribution in [-0.2, 0) is 0 Å². The Morgan fingerprint density at radius 2 is 2.18 bits per heavy atom. The summed E-state index contributed by atoms with van der Waals surface area (Å²) in [5, 5.41) is 13.6. The first-order chi connectivity index (χ1) is 7.98. The average molecular weight is 299 g/mol. The lowest BCUT2D eigenvalue weighted by molar-refractivity contribution is 0.0718. The van der Waals surface area contributed by atoms with E-state index in [2.05, 4.69) is 39.1 Å². The van der Waals surface area contributed by atoms with Gasteiger partial charge in [-0.3, -0.25) is 0 Å². The molecule has 1 saturated heterocycles. The Morgan fingerprint density at radius 1 is 1.47 bits per heavy atom. The SMILES string of the molecule is CC1CN(c2ccccc2Br)CC(C)(O)CN1. The van der Waals surface area contributed by atoms with Crippen LogP contribution in [0.25, 0.3) is 0 Å². The molecule has 0 spiro atoms. The van der Waals surface area contributed by atoms with Crippen LogP contribution in [-0.4, -0.2) is 36.4 Å². The van der Waals surface area contributed by atoms with Crippen molar-refractivity contribution in [1.29, 1.82) is 0 Å². The number of anilines is 1. The van der Waals surface area contributed by atoms with Crippen LogP contribution >= 0.6 is 15.9 Å². The monoisotopic (exact) mass is 298 g/mol. The van der Waals surface area contributed by atoms with Crippen molar-refractivity contribution in [2.75, 3.05) is 24.5 Å². The third-order valence-corrected chi connectivity index (χ3v) is 3.72. The van der Waals surface area contributed by atoms with Crippen LogP contribution in [0.1, 0.15) is 13.8 Å². The van der Waals surface area contributed by atoms with Crippen LogP contribution in [0.2, 0.25) is 0 Å². The summed E-state index contributed by atoms with van der Waals surface area (Å²) in [5.41, 5.74) is 0.448. The molecule has 1 aliphatic heterocycles. The molecule has 94 valence electrons. The van der Waals surface area contributed by atoms with E-state index in [0.29, 0.717) is 19.1 Å². The Bertz CT molecular complexity index is 395. The third kappa shape index (κ3) is 3.21. The molecule has 17 heavy (non-hydrogen) atoms. The highest BCUT2D eigenvalue weighted by atomic mass is 79.9. The predicted octanol–water partition coefficient (Wildman–Crippen LogP) is 2.00. The summed E-state index contributed by atoms with van der Waals surface area (Å²) < 4.78 is 1.07. The fraction of sp³-hybridized carbons (Fsp3) is 0.538. The average Bonchev–Trinajstić information content (AvgIpc) is 2.38. The number of rotatable bonds is 1. The maximum atomic E-state index is 10.3. The second-order valence-electron chi connectivity index (χ2n) is 5.11. The number of hydrogen-bond donors (Lipinski definition) is 2. The van der Waals surface area contributed by atoms with E-state index < -0.39 is 5.60 Å². The second kappa shape index (κ2) is 4.96. The van der Waals surface area contributed by atoms with Crippen LogP contribution in [0.5, 0.6) is 0 Å². The molecule has 2 unspecified atom stereocenters. The van der Waals surface area contributed by atoms with Gasteiger partial charge >= 0.3 is 0 Å². The van der Waals surface area contributed by atoms with Crippen LogP contribution in [0.4, 0.5) is 5.69 Å². The normalized spacial score (nSPS) is 30.1. The summed E-state index contributed by atoms with van der Waals surface area (Å²) in [5.74, 6) is 0. The molecule has 0 amide bonds. The van der Waals surface area contributed by atoms with E-state index in [4.69, 9.17) is 0 Å². The van der Waals surface area contributed by atoms with Crippen LogP contribution in [0.15, 0.2) is 28.7 Å². The zero-order chi connectivity index (χ0) is 12.5. The van der Waals surface area contributed by atoms with E-state index in [1.54, 1.807) is 0 Å². The van der Waals surface area contributed by atoms with Gasteiger partial charge in [0.05, 0.1) is 11.3 Å². The molecule has 1 heterocycles. The Balaban J connectivity index is 2.27. The molecule has 0 aromatic heterocycles. The Kier molecular flexibility index (Phi) is 3.76. The molecular formula is C13H19BrN2O. The number of benzene rings is 1. The van der Waals surface area contributed by atoms with Crippen LogP contribution in [0.3, 0.4) is 0 Å². The minimum absolute atomic E-state index is 0.371. The number of halogens is 1. The molecule has 0 aliphatic carbocycles. The molecule has 0 saturated carbocycles. The van der Waals surface area contributed by atoms with Crippen molar-refractivity contribution in [1.82, 2.24) is 5.32 Å². The van der Waals surface area contributed by atoms with Gasteiger partial charge in [-0.05, 0) is 41.9 Å². The number of aliphatic hydroxyl groups is 1. The molecule has 2 rings (SSSR count). The zero-order valence-corrected chi connectivity index (χ0v) is 11.9. The van der Waals surface area contributed by atoms with Crippen LogP contribution < -0.4 is 10.2 Å². The highest BCUT2D eigenvalue weighted by molar-refractivity contribution is 9.10. The molecule has 1 aliphatic rings. The number of para-hydroxylation sites is 1. The maximum Gasteiger partial charge on any atom is 0.0917 e. The molecular weight excluding hydrogens is 280 g/mol. The number of hydrogen-bond acceptors (Lipinski definition) is 3. The first kappa shape index (κ1) is 12.9. The number of β-amino-alcohol motifs (C(OH)–C–C–N with tert-alkyl or cyclic N) is 1. The minimum atomic E-state index is -0.694. The molecule has 1 fully saturated rings. The Labute approximate surface area is 111 Å². The summed E-state index contributed by atoms with van der Waals surface area (Å²) in [6.07, 6.45) is 0. The lowest BCUT2D eigenvalue weighted by Crippen LogP contribution is -2.43. The topological polar surface area (TPSA) is 35.5 Å². The molecule has 2 atom stereocenters. The van der Waals surface area contributed by atoms with Gasteiger partial charge in [-0.25, -0.2) is 0 Å². The van der Waals surface area contributed by atoms with Crippen LogP contribution in [0, 0.1) is 0 Å². The molecule has 1 aromatic rings. The van der Waals surface area contributed by atoms with E-state index in [0.717, 1.165) is 16.7 Å². The molecule has 0 radical (unpaired) electrons. The van der Waals surface area contributed by atoms with Gasteiger partial charge in [0, 0.05) is 30.1 Å². The smallest absolute Gasteiger partial charge is 0.0917 e. The van der Waals surface area contributed by atoms with Gasteiger partial charge in [0.2, 0.25) is 0 Å². The first-order valence-corrected chi connectivity index (χ1v) is 6.72. The van der Waals surface area contributed by atoms with Crippen molar-refractivity contribution >= 4 is 21.6 Å². The van der Waals surface area contributed by atoms with Gasteiger partial charge in [0.1, 0.15) is 0 Å². The van der Waals surface area contributed by atoms with E-state index in [-0.39, 0.29) is 0 Å². The van der Waals surface area contributed by atoms with Gasteiger partial charge in [0.15, 0.2) is 0 Å². The van der Waals surface area contributed by atoms with Crippen molar-refractivity contribution in [3.8, 4) is 0 Å². The van der Waals surface area contributed by atoms with Crippen molar-refractivity contribution in [3.05, 3.63) is 28.7 Å². The maximum absolute atomic E-state index is 10.3. The van der Waals surface area contributed by atoms with E-state index in [9.17, 15) is 5.11 Å². The number of nitrogens with zero attached hydrogens (tertiary/aromatic N) is 1. The first-order valence-electron chi connectivity index (χ1n) is 5.93. The van der Waals surface area contributed by atoms with Gasteiger partial charge < -0.3 is 15.3 Å². The molecule has 2 N–H and O–H groups in total. The van der Waals surface area contributed by atoms with Gasteiger partial charge in [-0.15, -0.1) is 0 Å². The molecule has 4 heteroatoms. The van der Waals surface area contributed by atoms with Gasteiger partial charge in [-0.2, -0.15) is 0 Å². The fourth-order valence-corrected chi connectivity index (χ4v) is 2.75. The molecule has 3 nitrogen and oxygen atoms in total. The van der Waals surface area contributed by atoms with Crippen molar-refractivity contribution in [3.63, 3.8) is 0 Å². The van der Waals surface area contributed by atoms with Crippen molar-refractivity contribution in [2.24, 2.45) is 0 Å². The highest BCUT2D eigenvalue weighted by Gasteiger charge is 2.29. The molecule has 1 aromatic carbocycles. The lowest BCUT2D eigenvalue weighted by atomic mass is 10.1. The standard InChI is InChI=1S/C13H19BrN2O/c1-10-7-16(9-13(2,17)8-15-10)12-6-4-3-5-11(12)14/h3-6,10,15,17H,7-9H2,1-2H3. The summed E-state index contributed by atoms with van der Waals surface area (Å²) in [6, 6.07) is 8.52. The summed E-state index contributed by atoms with van der Waals surface area (Å²) in [4.78, 5) is 2.23. The molecule has 0 bridgehead atoms. The summed E-state index contributed by atoms with van der Waals surface area (Å²) >= 11 is 3.57. The predicted molar refractivity (Wildman–Crippen MR) is 74.4 cm³/mol.